The van der Waals surface area contributed by atoms with E-state index in [2.05, 4.69) is 10.6 Å². The molecule has 23 heavy (non-hydrogen) atoms. The zero-order valence-electron chi connectivity index (χ0n) is 13.7. The summed E-state index contributed by atoms with van der Waals surface area (Å²) in [6, 6.07) is 7.23. The summed E-state index contributed by atoms with van der Waals surface area (Å²) in [5.74, 6) is -0.324. The fraction of sp³-hybridized carbons (Fsp3) is 0.529. The Labute approximate surface area is 141 Å². The van der Waals surface area contributed by atoms with E-state index in [1.54, 1.807) is 32.9 Å². The van der Waals surface area contributed by atoms with E-state index in [-0.39, 0.29) is 5.91 Å². The number of hydrogen-bond donors (Lipinski definition) is 2. The van der Waals surface area contributed by atoms with Crippen molar-refractivity contribution in [3.63, 3.8) is 0 Å². The van der Waals surface area contributed by atoms with Crippen LogP contribution in [0.2, 0.25) is 5.02 Å². The molecule has 0 unspecified atom stereocenters. The van der Waals surface area contributed by atoms with Crippen molar-refractivity contribution in [1.29, 1.82) is 0 Å². The van der Waals surface area contributed by atoms with Gasteiger partial charge in [-0.2, -0.15) is 0 Å². The minimum atomic E-state index is -0.743. The Morgan fingerprint density at radius 1 is 1.17 bits per heavy atom. The van der Waals surface area contributed by atoms with Gasteiger partial charge in [0.25, 0.3) is 0 Å². The van der Waals surface area contributed by atoms with Gasteiger partial charge in [-0.05, 0) is 64.4 Å². The molecule has 1 aromatic carbocycles. The zero-order valence-corrected chi connectivity index (χ0v) is 14.5. The number of carbonyl (C=O) groups excluding carboxylic acids is 2. The molecule has 5 nitrogen and oxygen atoms in total. The first-order valence-corrected chi connectivity index (χ1v) is 8.12. The molecule has 1 saturated heterocycles. The molecule has 1 aliphatic rings. The van der Waals surface area contributed by atoms with Gasteiger partial charge in [0.05, 0.1) is 5.41 Å². The Bertz CT molecular complexity index is 572. The van der Waals surface area contributed by atoms with Crippen molar-refractivity contribution in [2.75, 3.05) is 13.1 Å². The summed E-state index contributed by atoms with van der Waals surface area (Å²) in [6.45, 7) is 6.71. The normalized spacial score (nSPS) is 17.4. The third kappa shape index (κ3) is 4.45. The lowest BCUT2D eigenvalue weighted by molar-refractivity contribution is -0.127. The highest BCUT2D eigenvalue weighted by atomic mass is 35.5. The molecule has 1 fully saturated rings. The van der Waals surface area contributed by atoms with Gasteiger partial charge < -0.3 is 10.1 Å². The van der Waals surface area contributed by atoms with Gasteiger partial charge in [0.1, 0.15) is 5.60 Å². The molecule has 126 valence electrons. The molecule has 1 aromatic rings. The molecule has 0 radical (unpaired) electrons. The number of hydrogen-bond acceptors (Lipinski definition) is 4. The maximum atomic E-state index is 12.8. The molecule has 1 heterocycles. The molecule has 0 atom stereocenters. The molecule has 0 spiro atoms. The van der Waals surface area contributed by atoms with Crippen molar-refractivity contribution in [3.05, 3.63) is 34.9 Å². The highest BCUT2D eigenvalue weighted by Crippen LogP contribution is 2.34. The van der Waals surface area contributed by atoms with Crippen LogP contribution in [-0.2, 0) is 14.9 Å². The lowest BCUT2D eigenvalue weighted by Gasteiger charge is -2.36. The van der Waals surface area contributed by atoms with Crippen LogP contribution in [0.3, 0.4) is 0 Å². The summed E-state index contributed by atoms with van der Waals surface area (Å²) in [5, 5.41) is 6.26. The minimum Gasteiger partial charge on any atom is -0.444 e. The number of alkyl carbamates (subject to hydrolysis) is 1. The smallest absolute Gasteiger partial charge is 0.414 e. The first-order valence-electron chi connectivity index (χ1n) is 7.74. The average molecular weight is 339 g/mol. The first-order chi connectivity index (χ1) is 10.7. The van der Waals surface area contributed by atoms with Gasteiger partial charge in [0.2, 0.25) is 5.91 Å². The first kappa shape index (κ1) is 17.8. The van der Waals surface area contributed by atoms with Crippen LogP contribution < -0.4 is 10.6 Å². The summed E-state index contributed by atoms with van der Waals surface area (Å²) in [5.41, 5.74) is -0.525. The number of piperidine rings is 1. The maximum Gasteiger partial charge on any atom is 0.414 e. The largest absolute Gasteiger partial charge is 0.444 e. The van der Waals surface area contributed by atoms with Crippen LogP contribution in [0.1, 0.15) is 39.2 Å². The van der Waals surface area contributed by atoms with Crippen LogP contribution in [0, 0.1) is 0 Å². The molecule has 2 N–H and O–H groups in total. The Balaban J connectivity index is 2.22. The van der Waals surface area contributed by atoms with Gasteiger partial charge in [0.15, 0.2) is 0 Å². The van der Waals surface area contributed by atoms with Gasteiger partial charge in [-0.3, -0.25) is 10.1 Å². The van der Waals surface area contributed by atoms with E-state index < -0.39 is 17.1 Å². The second-order valence-electron chi connectivity index (χ2n) is 6.80. The predicted molar refractivity (Wildman–Crippen MR) is 89.6 cm³/mol. The molecule has 0 aromatic heterocycles. The van der Waals surface area contributed by atoms with E-state index in [1.165, 1.54) is 0 Å². The lowest BCUT2D eigenvalue weighted by atomic mass is 9.72. The summed E-state index contributed by atoms with van der Waals surface area (Å²) < 4.78 is 5.19. The van der Waals surface area contributed by atoms with Gasteiger partial charge >= 0.3 is 6.09 Å². The summed E-state index contributed by atoms with van der Waals surface area (Å²) in [7, 11) is 0. The van der Waals surface area contributed by atoms with Crippen molar-refractivity contribution in [1.82, 2.24) is 10.6 Å². The molecule has 0 aliphatic carbocycles. The quantitative estimate of drug-likeness (QED) is 0.869. The van der Waals surface area contributed by atoms with Crippen molar-refractivity contribution in [2.24, 2.45) is 0 Å². The highest BCUT2D eigenvalue weighted by molar-refractivity contribution is 6.30. The second-order valence-corrected chi connectivity index (χ2v) is 7.23. The third-order valence-corrected chi connectivity index (χ3v) is 4.16. The standard InChI is InChI=1S/C17H23ClN2O3/c1-16(2,3)23-15(22)20-14(21)17(8-10-19-11-9-17)12-4-6-13(18)7-5-12/h4-7,19H,8-11H2,1-3H3,(H,20,21,22). The SMILES string of the molecule is CC(C)(C)OC(=O)NC(=O)C1(c2ccc(Cl)cc2)CCNCC1. The zero-order chi connectivity index (χ0) is 17.1. The van der Waals surface area contributed by atoms with E-state index in [0.29, 0.717) is 31.0 Å². The maximum absolute atomic E-state index is 12.8. The Hall–Kier alpha value is -1.59. The van der Waals surface area contributed by atoms with Gasteiger partial charge in [-0.1, -0.05) is 23.7 Å². The summed E-state index contributed by atoms with van der Waals surface area (Å²) in [4.78, 5) is 24.8. The van der Waals surface area contributed by atoms with Gasteiger partial charge in [-0.25, -0.2) is 4.79 Å². The van der Waals surface area contributed by atoms with Crippen LogP contribution in [-0.4, -0.2) is 30.7 Å². The Kier molecular flexibility index (Phi) is 5.32. The summed E-state index contributed by atoms with van der Waals surface area (Å²) in [6.07, 6.45) is 0.515. The van der Waals surface area contributed by atoms with Crippen LogP contribution in [0.5, 0.6) is 0 Å². The number of rotatable bonds is 2. The molecular formula is C17H23ClN2O3. The molecule has 0 bridgehead atoms. The fourth-order valence-corrected chi connectivity index (χ4v) is 2.91. The lowest BCUT2D eigenvalue weighted by Crippen LogP contribution is -2.52. The van der Waals surface area contributed by atoms with E-state index in [9.17, 15) is 9.59 Å². The van der Waals surface area contributed by atoms with Crippen LogP contribution in [0.25, 0.3) is 0 Å². The van der Waals surface area contributed by atoms with Crippen molar-refractivity contribution >= 4 is 23.6 Å². The second kappa shape index (κ2) is 6.89. The van der Waals surface area contributed by atoms with Crippen molar-refractivity contribution in [3.8, 4) is 0 Å². The number of ether oxygens (including phenoxy) is 1. The highest BCUT2D eigenvalue weighted by Gasteiger charge is 2.42. The van der Waals surface area contributed by atoms with Gasteiger partial charge in [-0.15, -0.1) is 0 Å². The number of carbonyl (C=O) groups is 2. The number of amides is 2. The van der Waals surface area contributed by atoms with Crippen LogP contribution in [0.4, 0.5) is 4.79 Å². The number of imide groups is 1. The van der Waals surface area contributed by atoms with Crippen LogP contribution >= 0.6 is 11.6 Å². The molecule has 1 aliphatic heterocycles. The van der Waals surface area contributed by atoms with E-state index >= 15 is 0 Å². The third-order valence-electron chi connectivity index (χ3n) is 3.90. The number of halogens is 1. The molecule has 2 amide bonds. The van der Waals surface area contributed by atoms with Crippen LogP contribution in [0.15, 0.2) is 24.3 Å². The van der Waals surface area contributed by atoms with E-state index in [0.717, 1.165) is 5.56 Å². The molecule has 2 rings (SSSR count). The average Bonchev–Trinajstić information content (AvgIpc) is 2.46. The van der Waals surface area contributed by atoms with Gasteiger partial charge in [0, 0.05) is 5.02 Å². The molecule has 6 heteroatoms. The topological polar surface area (TPSA) is 67.4 Å². The summed E-state index contributed by atoms with van der Waals surface area (Å²) >= 11 is 5.95. The van der Waals surface area contributed by atoms with Crippen molar-refractivity contribution in [2.45, 2.75) is 44.6 Å². The fourth-order valence-electron chi connectivity index (χ4n) is 2.79. The molecule has 0 saturated carbocycles. The predicted octanol–water partition coefficient (Wildman–Crippen LogP) is 3.01. The molecular weight excluding hydrogens is 316 g/mol. The number of benzene rings is 1. The minimum absolute atomic E-state index is 0.324. The Morgan fingerprint density at radius 3 is 2.26 bits per heavy atom. The van der Waals surface area contributed by atoms with E-state index in [4.69, 9.17) is 16.3 Å². The van der Waals surface area contributed by atoms with E-state index in [1.807, 2.05) is 12.1 Å². The Morgan fingerprint density at radius 2 is 1.74 bits per heavy atom. The van der Waals surface area contributed by atoms with Crippen molar-refractivity contribution < 1.29 is 14.3 Å². The monoisotopic (exact) mass is 338 g/mol. The number of nitrogens with one attached hydrogen (secondary N) is 2.